The molecule has 1 aliphatic heterocycles. The van der Waals surface area contributed by atoms with Crippen LogP contribution in [0.15, 0.2) is 28.6 Å². The van der Waals surface area contributed by atoms with E-state index in [0.29, 0.717) is 61.7 Å². The molecule has 3 aromatic heterocycles. The third-order valence-electron chi connectivity index (χ3n) is 5.93. The van der Waals surface area contributed by atoms with E-state index < -0.39 is 17.7 Å². The average molecular weight is 539 g/mol. The van der Waals surface area contributed by atoms with Gasteiger partial charge >= 0.3 is 12.1 Å². The first-order valence-electron chi connectivity index (χ1n) is 13.0. The Morgan fingerprint density at radius 2 is 2.10 bits per heavy atom. The molecule has 0 bridgehead atoms. The zero-order chi connectivity index (χ0) is 27.8. The van der Waals surface area contributed by atoms with Crippen LogP contribution in [0.2, 0.25) is 0 Å². The number of nitrogens with zero attached hydrogens (tertiary/aromatic N) is 9. The monoisotopic (exact) mass is 538 g/mol. The lowest BCUT2D eigenvalue weighted by atomic mass is 9.93. The Bertz CT molecular complexity index is 1350. The lowest BCUT2D eigenvalue weighted by Crippen LogP contribution is -2.33. The molecule has 0 fully saturated rings. The number of carboxylic acids is 1. The molecule has 14 nitrogen and oxygen atoms in total. The van der Waals surface area contributed by atoms with Gasteiger partial charge < -0.3 is 15.2 Å². The van der Waals surface area contributed by atoms with Gasteiger partial charge in [-0.15, -0.1) is 5.10 Å². The first kappa shape index (κ1) is 27.8. The molecule has 39 heavy (non-hydrogen) atoms. The Morgan fingerprint density at radius 1 is 1.26 bits per heavy atom. The highest BCUT2D eigenvalue weighted by Crippen LogP contribution is 2.22. The van der Waals surface area contributed by atoms with Gasteiger partial charge in [-0.3, -0.25) is 14.5 Å². The quantitative estimate of drug-likeness (QED) is 0.367. The van der Waals surface area contributed by atoms with Crippen molar-refractivity contribution in [3.8, 4) is 5.69 Å². The minimum atomic E-state index is -0.776. The van der Waals surface area contributed by atoms with Gasteiger partial charge in [0, 0.05) is 32.3 Å². The number of carboxylic acid groups (broad SMARTS) is 1. The molecule has 14 heteroatoms. The van der Waals surface area contributed by atoms with Crippen molar-refractivity contribution in [2.24, 2.45) is 15.9 Å². The maximum Gasteiger partial charge on any atom is 0.407 e. The van der Waals surface area contributed by atoms with Gasteiger partial charge in [0.05, 0.1) is 24.3 Å². The number of aliphatic carboxylic acids is 1. The molecule has 0 spiro atoms. The second-order valence-electron chi connectivity index (χ2n) is 10.4. The van der Waals surface area contributed by atoms with E-state index >= 15 is 0 Å². The highest BCUT2D eigenvalue weighted by Gasteiger charge is 2.17. The molecule has 1 atom stereocenters. The third-order valence-corrected chi connectivity index (χ3v) is 5.93. The normalized spacial score (nSPS) is 16.9. The first-order valence-corrected chi connectivity index (χ1v) is 13.0. The average Bonchev–Trinajstić information content (AvgIpc) is 3.43. The van der Waals surface area contributed by atoms with E-state index in [4.69, 9.17) is 9.84 Å². The number of aliphatic imine (C=N–C) groups is 2. The van der Waals surface area contributed by atoms with E-state index in [2.05, 4.69) is 40.7 Å². The lowest BCUT2D eigenvalue weighted by molar-refractivity contribution is -0.137. The molecule has 4 rings (SSSR count). The maximum absolute atomic E-state index is 11.8. The fraction of sp³-hybridized carbons (Fsp3) is 0.560. The number of aryl methyl sites for hydroxylation is 1. The SMILES string of the molecule is CC(C)(C)OC(=O)NCCCn1cc(-n2nnc3cnc(N=C4C=NCCC(CCCC(=O)O)C4)nc32)cn1. The summed E-state index contributed by atoms with van der Waals surface area (Å²) in [4.78, 5) is 40.6. The number of hydrogen-bond donors (Lipinski definition) is 2. The predicted octanol–water partition coefficient (Wildman–Crippen LogP) is 3.13. The number of alkyl carbamates (subject to hydrolysis) is 1. The Kier molecular flexibility index (Phi) is 8.94. The number of ether oxygens (including phenoxy) is 1. The molecule has 0 saturated heterocycles. The van der Waals surface area contributed by atoms with Crippen molar-refractivity contribution in [1.29, 1.82) is 0 Å². The van der Waals surface area contributed by atoms with E-state index in [1.165, 1.54) is 0 Å². The van der Waals surface area contributed by atoms with Gasteiger partial charge in [0.1, 0.15) is 11.3 Å². The molecular weight excluding hydrogens is 504 g/mol. The van der Waals surface area contributed by atoms with Crippen LogP contribution < -0.4 is 5.32 Å². The van der Waals surface area contributed by atoms with Gasteiger partial charge in [-0.05, 0) is 58.8 Å². The van der Waals surface area contributed by atoms with Crippen molar-refractivity contribution in [3.63, 3.8) is 0 Å². The van der Waals surface area contributed by atoms with Crippen molar-refractivity contribution in [3.05, 3.63) is 18.6 Å². The Balaban J connectivity index is 1.40. The summed E-state index contributed by atoms with van der Waals surface area (Å²) in [6, 6.07) is 0. The lowest BCUT2D eigenvalue weighted by Gasteiger charge is -2.19. The van der Waals surface area contributed by atoms with Gasteiger partial charge in [-0.1, -0.05) is 5.21 Å². The fourth-order valence-corrected chi connectivity index (χ4v) is 4.15. The Labute approximate surface area is 225 Å². The number of carbonyl (C=O) groups is 2. The van der Waals surface area contributed by atoms with Crippen molar-refractivity contribution in [2.75, 3.05) is 13.1 Å². The number of amides is 1. The van der Waals surface area contributed by atoms with Crippen LogP contribution in [-0.4, -0.2) is 82.5 Å². The predicted molar refractivity (Wildman–Crippen MR) is 144 cm³/mol. The molecule has 1 unspecified atom stereocenters. The molecule has 1 aliphatic rings. The summed E-state index contributed by atoms with van der Waals surface area (Å²) in [5.74, 6) is -0.188. The topological polar surface area (TPSA) is 175 Å². The summed E-state index contributed by atoms with van der Waals surface area (Å²) in [6.07, 6.45) is 10.3. The van der Waals surface area contributed by atoms with Crippen LogP contribution in [0.5, 0.6) is 0 Å². The van der Waals surface area contributed by atoms with Crippen LogP contribution in [0, 0.1) is 5.92 Å². The molecule has 208 valence electrons. The number of rotatable bonds is 10. The molecule has 4 heterocycles. The number of hydrogen-bond acceptors (Lipinski definition) is 10. The van der Waals surface area contributed by atoms with Gasteiger partial charge in [-0.2, -0.15) is 14.8 Å². The smallest absolute Gasteiger partial charge is 0.407 e. The van der Waals surface area contributed by atoms with Crippen LogP contribution in [0.1, 0.15) is 59.3 Å². The molecule has 0 radical (unpaired) electrons. The summed E-state index contributed by atoms with van der Waals surface area (Å²) in [6.45, 7) is 7.19. The molecule has 3 aromatic rings. The summed E-state index contributed by atoms with van der Waals surface area (Å²) >= 11 is 0. The van der Waals surface area contributed by atoms with E-state index in [1.54, 1.807) is 28.0 Å². The molecular formula is C25H34N10O4. The molecule has 0 aromatic carbocycles. The van der Waals surface area contributed by atoms with Crippen LogP contribution in [-0.2, 0) is 16.1 Å². The van der Waals surface area contributed by atoms with Crippen molar-refractivity contribution in [2.45, 2.75) is 71.4 Å². The minimum absolute atomic E-state index is 0.167. The summed E-state index contributed by atoms with van der Waals surface area (Å²) in [7, 11) is 0. The molecule has 0 aliphatic carbocycles. The zero-order valence-electron chi connectivity index (χ0n) is 22.4. The number of nitrogens with one attached hydrogen (secondary N) is 1. The largest absolute Gasteiger partial charge is 0.481 e. The van der Waals surface area contributed by atoms with Gasteiger partial charge in [0.25, 0.3) is 5.95 Å². The van der Waals surface area contributed by atoms with E-state index in [-0.39, 0.29) is 12.4 Å². The van der Waals surface area contributed by atoms with Gasteiger partial charge in [-0.25, -0.2) is 14.8 Å². The number of carbonyl (C=O) groups excluding carboxylic acids is 1. The first-order chi connectivity index (χ1) is 18.7. The second-order valence-corrected chi connectivity index (χ2v) is 10.4. The van der Waals surface area contributed by atoms with Crippen LogP contribution in [0.3, 0.4) is 0 Å². The number of fused-ring (bicyclic) bond motifs is 1. The minimum Gasteiger partial charge on any atom is -0.481 e. The fourth-order valence-electron chi connectivity index (χ4n) is 4.15. The second kappa shape index (κ2) is 12.5. The highest BCUT2D eigenvalue weighted by atomic mass is 16.6. The van der Waals surface area contributed by atoms with E-state index in [1.807, 2.05) is 27.0 Å². The van der Waals surface area contributed by atoms with E-state index in [0.717, 1.165) is 18.6 Å². The Hall–Kier alpha value is -4.23. The van der Waals surface area contributed by atoms with Crippen molar-refractivity contribution >= 4 is 41.1 Å². The van der Waals surface area contributed by atoms with Crippen molar-refractivity contribution < 1.29 is 19.4 Å². The third kappa shape index (κ3) is 8.38. The summed E-state index contributed by atoms with van der Waals surface area (Å²) < 4.78 is 8.58. The van der Waals surface area contributed by atoms with E-state index in [9.17, 15) is 9.59 Å². The summed E-state index contributed by atoms with van der Waals surface area (Å²) in [5, 5.41) is 24.4. The van der Waals surface area contributed by atoms with Gasteiger partial charge in [0.2, 0.25) is 0 Å². The Morgan fingerprint density at radius 3 is 2.90 bits per heavy atom. The van der Waals surface area contributed by atoms with Crippen LogP contribution in [0.25, 0.3) is 16.9 Å². The molecule has 0 saturated carbocycles. The van der Waals surface area contributed by atoms with Gasteiger partial charge in [0.15, 0.2) is 11.2 Å². The van der Waals surface area contributed by atoms with Crippen LogP contribution >= 0.6 is 0 Å². The highest BCUT2D eigenvalue weighted by molar-refractivity contribution is 6.31. The van der Waals surface area contributed by atoms with Crippen molar-refractivity contribution in [1.82, 2.24) is 40.1 Å². The van der Waals surface area contributed by atoms with Crippen LogP contribution in [0.4, 0.5) is 10.7 Å². The molecule has 1 amide bonds. The standard InChI is InChI=1S/C25H34N10O4/c1-25(2,3)39-24(38)27-9-5-11-34-16-19(14-29-34)35-22-20(32-33-35)15-28-23(31-22)30-18-12-17(8-10-26-13-18)6-4-7-21(36)37/h13-17H,4-12H2,1-3H3,(H,27,38)(H,36,37). The number of aromatic nitrogens is 7. The maximum atomic E-state index is 11.8. The zero-order valence-corrected chi connectivity index (χ0v) is 22.4. The molecule has 2 N–H and O–H groups in total. The summed E-state index contributed by atoms with van der Waals surface area (Å²) in [5.41, 5.74) is 1.93.